The lowest BCUT2D eigenvalue weighted by atomic mass is 10.0. The zero-order valence-corrected chi connectivity index (χ0v) is 18.3. The van der Waals surface area contributed by atoms with E-state index in [1.807, 2.05) is 73.3 Å². The molecule has 3 aromatic rings. The molecule has 3 aromatic carbocycles. The number of para-hydroxylation sites is 1. The Morgan fingerprint density at radius 2 is 1.62 bits per heavy atom. The van der Waals surface area contributed by atoms with Crippen LogP contribution in [-0.2, 0) is 11.2 Å². The molecule has 2 atom stereocenters. The summed E-state index contributed by atoms with van der Waals surface area (Å²) in [5, 5.41) is 0. The highest BCUT2D eigenvalue weighted by molar-refractivity contribution is 8.00. The first-order chi connectivity index (χ1) is 14.1. The predicted octanol–water partition coefficient (Wildman–Crippen LogP) is 7.06. The zero-order chi connectivity index (χ0) is 20.3. The first kappa shape index (κ1) is 20.2. The molecule has 150 valence electrons. The van der Waals surface area contributed by atoms with Crippen molar-refractivity contribution in [3.8, 4) is 17.2 Å². The van der Waals surface area contributed by atoms with E-state index in [-0.39, 0.29) is 9.62 Å². The summed E-state index contributed by atoms with van der Waals surface area (Å²) in [6.45, 7) is 2.67. The lowest BCUT2D eigenvalue weighted by Crippen LogP contribution is -2.18. The SMILES string of the molecule is CCOc1ccc(C2(SC)CC2(Cl)Cc2cccc(Oc3ccccc3)c2)cc1. The maximum absolute atomic E-state index is 7.16. The molecule has 4 heteroatoms. The maximum atomic E-state index is 7.16. The highest BCUT2D eigenvalue weighted by Gasteiger charge is 2.67. The number of hydrogen-bond acceptors (Lipinski definition) is 3. The number of ether oxygens (including phenoxy) is 2. The molecule has 2 unspecified atom stereocenters. The van der Waals surface area contributed by atoms with E-state index in [0.717, 1.165) is 30.1 Å². The van der Waals surface area contributed by atoms with Crippen molar-refractivity contribution < 1.29 is 9.47 Å². The summed E-state index contributed by atoms with van der Waals surface area (Å²) in [5.41, 5.74) is 2.45. The molecule has 1 saturated carbocycles. The van der Waals surface area contributed by atoms with Gasteiger partial charge in [0.15, 0.2) is 0 Å². The van der Waals surface area contributed by atoms with Crippen molar-refractivity contribution in [2.75, 3.05) is 12.9 Å². The van der Waals surface area contributed by atoms with Crippen LogP contribution in [0.2, 0.25) is 0 Å². The molecule has 0 bridgehead atoms. The third-order valence-electron chi connectivity index (χ3n) is 5.47. The van der Waals surface area contributed by atoms with Crippen LogP contribution in [0.1, 0.15) is 24.5 Å². The number of alkyl halides is 1. The minimum Gasteiger partial charge on any atom is -0.494 e. The first-order valence-electron chi connectivity index (χ1n) is 9.88. The van der Waals surface area contributed by atoms with E-state index in [9.17, 15) is 0 Å². The third-order valence-corrected chi connectivity index (χ3v) is 7.64. The van der Waals surface area contributed by atoms with Gasteiger partial charge in [-0.1, -0.05) is 42.5 Å². The topological polar surface area (TPSA) is 18.5 Å². The summed E-state index contributed by atoms with van der Waals surface area (Å²) in [6, 6.07) is 26.5. The number of halogens is 1. The quantitative estimate of drug-likeness (QED) is 0.360. The number of benzene rings is 3. The summed E-state index contributed by atoms with van der Waals surface area (Å²) in [4.78, 5) is -0.301. The van der Waals surface area contributed by atoms with E-state index in [1.54, 1.807) is 0 Å². The molecule has 0 N–H and O–H groups in total. The highest BCUT2D eigenvalue weighted by Crippen LogP contribution is 2.69. The van der Waals surface area contributed by atoms with Gasteiger partial charge in [0, 0.05) is 0 Å². The fourth-order valence-electron chi connectivity index (χ4n) is 3.94. The predicted molar refractivity (Wildman–Crippen MR) is 123 cm³/mol. The van der Waals surface area contributed by atoms with Gasteiger partial charge in [-0.2, -0.15) is 11.8 Å². The summed E-state index contributed by atoms with van der Waals surface area (Å²) >= 11 is 9.00. The van der Waals surface area contributed by atoms with Gasteiger partial charge < -0.3 is 9.47 Å². The summed E-state index contributed by atoms with van der Waals surface area (Å²) < 4.78 is 11.5. The molecular formula is C25H25ClO2S. The van der Waals surface area contributed by atoms with E-state index in [0.29, 0.717) is 6.61 Å². The van der Waals surface area contributed by atoms with Crippen LogP contribution in [-0.4, -0.2) is 17.7 Å². The molecule has 1 aliphatic carbocycles. The third kappa shape index (κ3) is 4.12. The monoisotopic (exact) mass is 424 g/mol. The molecule has 0 spiro atoms. The van der Waals surface area contributed by atoms with E-state index in [4.69, 9.17) is 21.1 Å². The van der Waals surface area contributed by atoms with Crippen LogP contribution in [0.3, 0.4) is 0 Å². The molecule has 0 saturated heterocycles. The summed E-state index contributed by atoms with van der Waals surface area (Å²) in [7, 11) is 0. The summed E-state index contributed by atoms with van der Waals surface area (Å²) in [6.07, 6.45) is 3.89. The zero-order valence-electron chi connectivity index (χ0n) is 16.7. The van der Waals surface area contributed by atoms with Crippen LogP contribution in [0.25, 0.3) is 0 Å². The molecule has 0 aliphatic heterocycles. The largest absolute Gasteiger partial charge is 0.494 e. The van der Waals surface area contributed by atoms with Crippen LogP contribution >= 0.6 is 23.4 Å². The number of rotatable bonds is 8. The van der Waals surface area contributed by atoms with Gasteiger partial charge in [-0.3, -0.25) is 0 Å². The Morgan fingerprint density at radius 3 is 2.31 bits per heavy atom. The van der Waals surface area contributed by atoms with Crippen molar-refractivity contribution in [3.05, 3.63) is 90.0 Å². The standard InChI is InChI=1S/C25H25ClO2S/c1-3-27-21-14-12-20(13-15-21)25(29-2)18-24(25,26)17-19-8-7-11-23(16-19)28-22-9-5-4-6-10-22/h4-16H,3,17-18H2,1-2H3. The Kier molecular flexibility index (Phi) is 5.80. The minimum atomic E-state index is -0.301. The fourth-order valence-corrected chi connectivity index (χ4v) is 5.92. The molecule has 0 radical (unpaired) electrons. The average molecular weight is 425 g/mol. The normalized spacial score (nSPS) is 22.9. The molecule has 2 nitrogen and oxygen atoms in total. The van der Waals surface area contributed by atoms with Crippen molar-refractivity contribution in [1.82, 2.24) is 0 Å². The Labute approximate surface area is 182 Å². The van der Waals surface area contributed by atoms with Gasteiger partial charge in [-0.05, 0) is 73.5 Å². The van der Waals surface area contributed by atoms with Gasteiger partial charge in [-0.15, -0.1) is 11.6 Å². The van der Waals surface area contributed by atoms with Gasteiger partial charge in [-0.25, -0.2) is 0 Å². The van der Waals surface area contributed by atoms with Gasteiger partial charge in [0.2, 0.25) is 0 Å². The van der Waals surface area contributed by atoms with Crippen molar-refractivity contribution in [3.63, 3.8) is 0 Å². The van der Waals surface area contributed by atoms with Crippen LogP contribution in [0.15, 0.2) is 78.9 Å². The van der Waals surface area contributed by atoms with Crippen LogP contribution in [0.4, 0.5) is 0 Å². The van der Waals surface area contributed by atoms with Crippen molar-refractivity contribution in [1.29, 1.82) is 0 Å². The van der Waals surface area contributed by atoms with Gasteiger partial charge in [0.25, 0.3) is 0 Å². The number of hydrogen-bond donors (Lipinski definition) is 0. The Hall–Kier alpha value is -2.10. The average Bonchev–Trinajstić information content (AvgIpc) is 3.34. The molecule has 0 amide bonds. The molecule has 29 heavy (non-hydrogen) atoms. The number of thioether (sulfide) groups is 1. The maximum Gasteiger partial charge on any atom is 0.127 e. The van der Waals surface area contributed by atoms with Crippen LogP contribution < -0.4 is 9.47 Å². The van der Waals surface area contributed by atoms with Crippen molar-refractivity contribution in [2.24, 2.45) is 0 Å². The van der Waals surface area contributed by atoms with Crippen molar-refractivity contribution in [2.45, 2.75) is 29.4 Å². The minimum absolute atomic E-state index is 0.0738. The van der Waals surface area contributed by atoms with E-state index in [2.05, 4.69) is 30.5 Å². The Balaban J connectivity index is 1.51. The lowest BCUT2D eigenvalue weighted by molar-refractivity contribution is 0.340. The second-order valence-electron chi connectivity index (χ2n) is 7.37. The van der Waals surface area contributed by atoms with Gasteiger partial charge in [0.05, 0.1) is 16.2 Å². The Morgan fingerprint density at radius 1 is 0.897 bits per heavy atom. The van der Waals surface area contributed by atoms with Crippen molar-refractivity contribution >= 4 is 23.4 Å². The van der Waals surface area contributed by atoms with Crippen LogP contribution in [0, 0.1) is 0 Å². The first-order valence-corrected chi connectivity index (χ1v) is 11.5. The molecule has 0 aromatic heterocycles. The second kappa shape index (κ2) is 8.33. The summed E-state index contributed by atoms with van der Waals surface area (Å²) in [5.74, 6) is 2.58. The smallest absolute Gasteiger partial charge is 0.127 e. The van der Waals surface area contributed by atoms with E-state index < -0.39 is 0 Å². The van der Waals surface area contributed by atoms with E-state index in [1.165, 1.54) is 11.1 Å². The molecular weight excluding hydrogens is 400 g/mol. The van der Waals surface area contributed by atoms with Gasteiger partial charge in [0.1, 0.15) is 17.2 Å². The molecule has 0 heterocycles. The van der Waals surface area contributed by atoms with E-state index >= 15 is 0 Å². The second-order valence-corrected chi connectivity index (χ2v) is 9.20. The molecule has 1 fully saturated rings. The molecule has 1 aliphatic rings. The van der Waals surface area contributed by atoms with Crippen LogP contribution in [0.5, 0.6) is 17.2 Å². The lowest BCUT2D eigenvalue weighted by Gasteiger charge is -2.21. The molecule has 4 rings (SSSR count). The Bertz CT molecular complexity index is 960. The fraction of sp³-hybridized carbons (Fsp3) is 0.280. The van der Waals surface area contributed by atoms with Gasteiger partial charge >= 0.3 is 0 Å². The highest BCUT2D eigenvalue weighted by atomic mass is 35.5.